The second-order valence-electron chi connectivity index (χ2n) is 9.40. The Hall–Kier alpha value is -5.67. The maximum absolute atomic E-state index is 6.05. The molecule has 0 unspecified atom stereocenters. The SMILES string of the molecule is COc1ccc(-c2nc(N)nc(Nc3ccccc3SSc3ccccc3Nc3nc(N)nc(-c4ccc(OC)cn4)n3)n2)cc1. The first kappa shape index (κ1) is 30.4. The highest BCUT2D eigenvalue weighted by Gasteiger charge is 2.14. The van der Waals surface area contributed by atoms with Gasteiger partial charge in [0.2, 0.25) is 23.8 Å². The van der Waals surface area contributed by atoms with Crippen LogP contribution in [0, 0.1) is 0 Å². The van der Waals surface area contributed by atoms with Crippen LogP contribution in [0.5, 0.6) is 11.5 Å². The Labute approximate surface area is 272 Å². The molecule has 3 aromatic carbocycles. The van der Waals surface area contributed by atoms with Gasteiger partial charge in [-0.1, -0.05) is 45.9 Å². The lowest BCUT2D eigenvalue weighted by molar-refractivity contribution is 0.413. The van der Waals surface area contributed by atoms with E-state index in [1.165, 1.54) is 0 Å². The van der Waals surface area contributed by atoms with Crippen LogP contribution < -0.4 is 31.6 Å². The van der Waals surface area contributed by atoms with Crippen molar-refractivity contribution in [3.05, 3.63) is 91.1 Å². The highest BCUT2D eigenvalue weighted by atomic mass is 33.1. The van der Waals surface area contributed by atoms with Gasteiger partial charge in [0.25, 0.3) is 0 Å². The highest BCUT2D eigenvalue weighted by Crippen LogP contribution is 2.44. The molecule has 6 aromatic rings. The van der Waals surface area contributed by atoms with Gasteiger partial charge in [0, 0.05) is 15.4 Å². The highest BCUT2D eigenvalue weighted by molar-refractivity contribution is 8.76. The molecule has 15 heteroatoms. The predicted octanol–water partition coefficient (Wildman–Crippen LogP) is 6.25. The van der Waals surface area contributed by atoms with Crippen molar-refractivity contribution in [2.24, 2.45) is 0 Å². The van der Waals surface area contributed by atoms with E-state index in [9.17, 15) is 0 Å². The molecule has 0 atom stereocenters. The first-order valence-corrected chi connectivity index (χ1v) is 15.9. The minimum Gasteiger partial charge on any atom is -0.497 e. The van der Waals surface area contributed by atoms with E-state index in [1.54, 1.807) is 54.1 Å². The fraction of sp³-hybridized carbons (Fsp3) is 0.0645. The number of methoxy groups -OCH3 is 2. The molecule has 0 aliphatic rings. The van der Waals surface area contributed by atoms with Gasteiger partial charge in [-0.3, -0.25) is 0 Å². The average Bonchev–Trinajstić information content (AvgIpc) is 3.08. The summed E-state index contributed by atoms with van der Waals surface area (Å²) in [5.74, 6) is 2.94. The van der Waals surface area contributed by atoms with Gasteiger partial charge in [0.15, 0.2) is 11.6 Å². The van der Waals surface area contributed by atoms with Crippen LogP contribution in [0.2, 0.25) is 0 Å². The molecule has 6 rings (SSSR count). The summed E-state index contributed by atoms with van der Waals surface area (Å²) in [7, 11) is 6.31. The largest absolute Gasteiger partial charge is 0.497 e. The number of benzene rings is 3. The van der Waals surface area contributed by atoms with E-state index in [4.69, 9.17) is 20.9 Å². The normalized spacial score (nSPS) is 10.7. The number of anilines is 6. The number of aromatic nitrogens is 7. The van der Waals surface area contributed by atoms with Gasteiger partial charge in [0.05, 0.1) is 31.8 Å². The van der Waals surface area contributed by atoms with Crippen LogP contribution in [0.4, 0.5) is 35.2 Å². The Morgan fingerprint density at radius 2 is 1.09 bits per heavy atom. The third kappa shape index (κ3) is 7.34. The molecule has 6 N–H and O–H groups in total. The van der Waals surface area contributed by atoms with Crippen LogP contribution in [0.3, 0.4) is 0 Å². The van der Waals surface area contributed by atoms with Crippen molar-refractivity contribution in [3.63, 3.8) is 0 Å². The van der Waals surface area contributed by atoms with E-state index in [0.717, 1.165) is 32.5 Å². The molecule has 3 heterocycles. The molecule has 0 saturated heterocycles. The molecule has 0 saturated carbocycles. The molecule has 0 radical (unpaired) electrons. The molecule has 0 bridgehead atoms. The third-order valence-electron chi connectivity index (χ3n) is 6.34. The quantitative estimate of drug-likeness (QED) is 0.115. The lowest BCUT2D eigenvalue weighted by Gasteiger charge is -2.13. The number of ether oxygens (including phenoxy) is 2. The molecular formula is C31H27N11O2S2. The average molecular weight is 650 g/mol. The number of hydrogen-bond acceptors (Lipinski definition) is 15. The smallest absolute Gasteiger partial charge is 0.232 e. The fourth-order valence-corrected chi connectivity index (χ4v) is 6.41. The molecule has 3 aromatic heterocycles. The van der Waals surface area contributed by atoms with Crippen molar-refractivity contribution < 1.29 is 9.47 Å². The topological polar surface area (TPSA) is 185 Å². The number of hydrogen-bond donors (Lipinski definition) is 4. The lowest BCUT2D eigenvalue weighted by Crippen LogP contribution is -2.06. The first-order chi connectivity index (χ1) is 22.5. The molecule has 0 aliphatic heterocycles. The zero-order chi connectivity index (χ0) is 31.9. The number of nitrogens with two attached hydrogens (primary N) is 2. The van der Waals surface area contributed by atoms with Crippen LogP contribution in [0.1, 0.15) is 0 Å². The van der Waals surface area contributed by atoms with Crippen LogP contribution >= 0.6 is 21.6 Å². The molecule has 0 amide bonds. The summed E-state index contributed by atoms with van der Waals surface area (Å²) in [5.41, 5.74) is 15.0. The molecule has 0 spiro atoms. The van der Waals surface area contributed by atoms with Crippen molar-refractivity contribution in [3.8, 4) is 34.4 Å². The lowest BCUT2D eigenvalue weighted by atomic mass is 10.2. The second-order valence-corrected chi connectivity index (χ2v) is 11.6. The van der Waals surface area contributed by atoms with E-state index in [1.807, 2.05) is 72.8 Å². The van der Waals surface area contributed by atoms with Crippen molar-refractivity contribution in [1.29, 1.82) is 0 Å². The van der Waals surface area contributed by atoms with E-state index < -0.39 is 0 Å². The summed E-state index contributed by atoms with van der Waals surface area (Å²) < 4.78 is 10.4. The van der Waals surface area contributed by atoms with Crippen LogP contribution in [-0.2, 0) is 0 Å². The number of nitrogen functional groups attached to an aromatic ring is 2. The fourth-order valence-electron chi connectivity index (χ4n) is 4.13. The van der Waals surface area contributed by atoms with Gasteiger partial charge in [-0.05, 0) is 60.7 Å². The Balaban J connectivity index is 1.19. The summed E-state index contributed by atoms with van der Waals surface area (Å²) in [6.45, 7) is 0. The molecule has 230 valence electrons. The van der Waals surface area contributed by atoms with E-state index in [2.05, 4.69) is 45.5 Å². The van der Waals surface area contributed by atoms with Gasteiger partial charge in [-0.15, -0.1) is 0 Å². The summed E-state index contributed by atoms with van der Waals surface area (Å²) >= 11 is 0. The zero-order valence-corrected chi connectivity index (χ0v) is 26.2. The first-order valence-electron chi connectivity index (χ1n) is 13.7. The summed E-state index contributed by atoms with van der Waals surface area (Å²) in [6.07, 6.45) is 1.59. The van der Waals surface area contributed by atoms with E-state index in [0.29, 0.717) is 35.0 Å². The number of nitrogens with zero attached hydrogens (tertiary/aromatic N) is 7. The Morgan fingerprint density at radius 1 is 0.565 bits per heavy atom. The summed E-state index contributed by atoms with van der Waals surface area (Å²) in [4.78, 5) is 32.5. The number of rotatable bonds is 11. The minimum absolute atomic E-state index is 0.0683. The number of para-hydroxylation sites is 2. The van der Waals surface area contributed by atoms with Gasteiger partial charge >= 0.3 is 0 Å². The van der Waals surface area contributed by atoms with E-state index >= 15 is 0 Å². The number of pyridine rings is 1. The van der Waals surface area contributed by atoms with Crippen molar-refractivity contribution in [1.82, 2.24) is 34.9 Å². The maximum Gasteiger partial charge on any atom is 0.232 e. The second kappa shape index (κ2) is 14.0. The van der Waals surface area contributed by atoms with Crippen molar-refractivity contribution in [2.75, 3.05) is 36.3 Å². The Kier molecular flexibility index (Phi) is 9.22. The molecule has 0 aliphatic carbocycles. The monoisotopic (exact) mass is 649 g/mol. The standard InChI is InChI=1S/C31H27N11O2S2/c1-43-19-13-11-18(12-14-19)26-37-28(32)41-30(39-26)35-21-7-3-5-9-24(21)45-46-25-10-6-4-8-22(25)36-31-40-27(38-29(33)42-31)23-16-15-20(44-2)17-34-23/h3-17H,1-2H3,(H3,32,35,37,39,41)(H3,33,36,38,40,42). The van der Waals surface area contributed by atoms with E-state index in [-0.39, 0.29) is 11.9 Å². The molecular weight excluding hydrogens is 623 g/mol. The number of nitrogens with one attached hydrogen (secondary N) is 2. The minimum atomic E-state index is 0.0683. The van der Waals surface area contributed by atoms with Crippen LogP contribution in [-0.4, -0.2) is 49.1 Å². The third-order valence-corrected chi connectivity index (χ3v) is 8.82. The zero-order valence-electron chi connectivity index (χ0n) is 24.6. The van der Waals surface area contributed by atoms with Gasteiger partial charge in [-0.25, -0.2) is 4.98 Å². The predicted molar refractivity (Wildman–Crippen MR) is 181 cm³/mol. The summed E-state index contributed by atoms with van der Waals surface area (Å²) in [5, 5.41) is 6.58. The Bertz CT molecular complexity index is 1820. The maximum atomic E-state index is 6.05. The van der Waals surface area contributed by atoms with Crippen LogP contribution in [0.25, 0.3) is 22.9 Å². The molecule has 0 fully saturated rings. The molecule has 13 nitrogen and oxygen atoms in total. The van der Waals surface area contributed by atoms with Gasteiger partial charge < -0.3 is 31.6 Å². The Morgan fingerprint density at radius 3 is 1.63 bits per heavy atom. The van der Waals surface area contributed by atoms with Gasteiger partial charge in [0.1, 0.15) is 17.2 Å². The van der Waals surface area contributed by atoms with Crippen LogP contribution in [0.15, 0.2) is 101 Å². The summed E-state index contributed by atoms with van der Waals surface area (Å²) in [6, 6.07) is 26.6. The van der Waals surface area contributed by atoms with Crippen molar-refractivity contribution >= 4 is 56.8 Å². The van der Waals surface area contributed by atoms with Gasteiger partial charge in [-0.2, -0.15) is 29.9 Å². The molecule has 46 heavy (non-hydrogen) atoms. The van der Waals surface area contributed by atoms with Crippen molar-refractivity contribution in [2.45, 2.75) is 9.79 Å².